The maximum Gasteiger partial charge on any atom is 0.266 e. The van der Waals surface area contributed by atoms with Crippen LogP contribution in [0.1, 0.15) is 38.2 Å². The van der Waals surface area contributed by atoms with E-state index in [1.165, 1.54) is 11.8 Å². The van der Waals surface area contributed by atoms with E-state index in [1.807, 2.05) is 37.3 Å². The van der Waals surface area contributed by atoms with Gasteiger partial charge in [-0.25, -0.2) is 0 Å². The number of amides is 2. The Balaban J connectivity index is 1.80. The van der Waals surface area contributed by atoms with E-state index < -0.39 is 0 Å². The molecular weight excluding hydrogens is 408 g/mol. The zero-order valence-corrected chi connectivity index (χ0v) is 18.6. The number of thioether (sulfide) groups is 1. The molecule has 1 aliphatic rings. The number of hydrogen-bond acceptors (Lipinski definition) is 6. The minimum Gasteiger partial charge on any atom is -0.497 e. The molecule has 0 saturated carbocycles. The lowest BCUT2D eigenvalue weighted by molar-refractivity contribution is -0.131. The molecule has 158 valence electrons. The van der Waals surface area contributed by atoms with Crippen molar-refractivity contribution in [2.45, 2.75) is 32.6 Å². The van der Waals surface area contributed by atoms with E-state index in [2.05, 4.69) is 0 Å². The summed E-state index contributed by atoms with van der Waals surface area (Å²) in [5.74, 6) is 0.771. The van der Waals surface area contributed by atoms with Crippen molar-refractivity contribution < 1.29 is 19.4 Å². The SMILES string of the molecule is CCN(CCO)C(=O)CCCCCN1C(=O)/C(=C/c2ccc(OC)cc2)SC1=S. The summed E-state index contributed by atoms with van der Waals surface area (Å²) < 4.78 is 5.72. The fourth-order valence-electron chi connectivity index (χ4n) is 3.01. The molecule has 1 aliphatic heterocycles. The molecule has 1 N–H and O–H groups in total. The average Bonchev–Trinajstić information content (AvgIpc) is 2.99. The summed E-state index contributed by atoms with van der Waals surface area (Å²) in [5, 5.41) is 8.98. The number of aliphatic hydroxyl groups is 1. The highest BCUT2D eigenvalue weighted by Crippen LogP contribution is 2.33. The number of rotatable bonds is 11. The molecule has 0 aromatic heterocycles. The van der Waals surface area contributed by atoms with Gasteiger partial charge >= 0.3 is 0 Å². The van der Waals surface area contributed by atoms with Gasteiger partial charge in [-0.2, -0.15) is 0 Å². The molecule has 2 rings (SSSR count). The average molecular weight is 437 g/mol. The Morgan fingerprint density at radius 3 is 2.62 bits per heavy atom. The Morgan fingerprint density at radius 1 is 1.28 bits per heavy atom. The number of benzene rings is 1. The largest absolute Gasteiger partial charge is 0.497 e. The molecule has 1 heterocycles. The van der Waals surface area contributed by atoms with Crippen molar-refractivity contribution >= 4 is 46.2 Å². The summed E-state index contributed by atoms with van der Waals surface area (Å²) in [6.45, 7) is 3.44. The smallest absolute Gasteiger partial charge is 0.266 e. The monoisotopic (exact) mass is 436 g/mol. The first-order valence-corrected chi connectivity index (χ1v) is 11.0. The van der Waals surface area contributed by atoms with Crippen molar-refractivity contribution in [1.29, 1.82) is 0 Å². The van der Waals surface area contributed by atoms with Crippen molar-refractivity contribution in [2.75, 3.05) is 33.4 Å². The first kappa shape index (κ1) is 23.4. The molecular formula is C21H28N2O4S2. The predicted molar refractivity (Wildman–Crippen MR) is 121 cm³/mol. The van der Waals surface area contributed by atoms with Crippen molar-refractivity contribution in [3.05, 3.63) is 34.7 Å². The molecule has 2 amide bonds. The molecule has 0 radical (unpaired) electrons. The van der Waals surface area contributed by atoms with Gasteiger partial charge in [0.1, 0.15) is 10.1 Å². The van der Waals surface area contributed by atoms with Crippen molar-refractivity contribution in [2.24, 2.45) is 0 Å². The number of thiocarbonyl (C=S) groups is 1. The number of methoxy groups -OCH3 is 1. The van der Waals surface area contributed by atoms with Crippen molar-refractivity contribution in [3.63, 3.8) is 0 Å². The Hall–Kier alpha value is -1.90. The molecule has 0 bridgehead atoms. The minimum atomic E-state index is -0.0630. The molecule has 8 heteroatoms. The van der Waals surface area contributed by atoms with E-state index in [0.717, 1.165) is 30.6 Å². The molecule has 29 heavy (non-hydrogen) atoms. The fraction of sp³-hybridized carbons (Fsp3) is 0.476. The van der Waals surface area contributed by atoms with Crippen molar-refractivity contribution in [1.82, 2.24) is 9.80 Å². The van der Waals surface area contributed by atoms with Gasteiger partial charge in [0.15, 0.2) is 0 Å². The van der Waals surface area contributed by atoms with Gasteiger partial charge in [-0.1, -0.05) is 42.5 Å². The maximum atomic E-state index is 12.7. The van der Waals surface area contributed by atoms with Crippen LogP contribution in [0.5, 0.6) is 5.75 Å². The maximum absolute atomic E-state index is 12.7. The van der Waals surface area contributed by atoms with E-state index in [-0.39, 0.29) is 18.4 Å². The van der Waals surface area contributed by atoms with Crippen LogP contribution >= 0.6 is 24.0 Å². The third kappa shape index (κ3) is 6.83. The van der Waals surface area contributed by atoms with Crippen LogP contribution in [-0.2, 0) is 9.59 Å². The second-order valence-corrected chi connectivity index (χ2v) is 8.29. The minimum absolute atomic E-state index is 0.0157. The Morgan fingerprint density at radius 2 is 2.00 bits per heavy atom. The number of likely N-dealkylation sites (N-methyl/N-ethyl adjacent to an activating group) is 1. The van der Waals surface area contributed by atoms with Crippen LogP contribution in [0, 0.1) is 0 Å². The first-order valence-electron chi connectivity index (χ1n) is 9.78. The molecule has 0 spiro atoms. The number of unbranched alkanes of at least 4 members (excludes halogenated alkanes) is 2. The molecule has 1 fully saturated rings. The van der Waals surface area contributed by atoms with Crippen LogP contribution in [0.2, 0.25) is 0 Å². The summed E-state index contributed by atoms with van der Waals surface area (Å²) in [6, 6.07) is 7.51. The summed E-state index contributed by atoms with van der Waals surface area (Å²) >= 11 is 6.69. The fourth-order valence-corrected chi connectivity index (χ4v) is 4.31. The standard InChI is InChI=1S/C21H28N2O4S2/c1-3-22(13-14-24)19(25)7-5-4-6-12-23-20(26)18(29-21(23)28)15-16-8-10-17(27-2)11-9-16/h8-11,15,24H,3-7,12-14H2,1-2H3/b18-15-. The van der Waals surface area contributed by atoms with Gasteiger partial charge in [0.2, 0.25) is 5.91 Å². The number of aliphatic hydroxyl groups excluding tert-OH is 1. The normalized spacial score (nSPS) is 15.3. The number of ether oxygens (including phenoxy) is 1. The van der Waals surface area contributed by atoms with E-state index in [4.69, 9.17) is 22.1 Å². The van der Waals surface area contributed by atoms with Crippen molar-refractivity contribution in [3.8, 4) is 5.75 Å². The van der Waals surface area contributed by atoms with Crippen LogP contribution in [0.25, 0.3) is 6.08 Å². The molecule has 1 aromatic carbocycles. The highest BCUT2D eigenvalue weighted by molar-refractivity contribution is 8.26. The lowest BCUT2D eigenvalue weighted by atomic mass is 10.1. The second kappa shape index (κ2) is 11.9. The number of carbonyl (C=O) groups excluding carboxylic acids is 2. The van der Waals surface area contributed by atoms with Crippen LogP contribution in [0.3, 0.4) is 0 Å². The summed E-state index contributed by atoms with van der Waals surface area (Å²) in [4.78, 5) is 28.6. The van der Waals surface area contributed by atoms with Crippen LogP contribution in [0.4, 0.5) is 0 Å². The van der Waals surface area contributed by atoms with Crippen LogP contribution in [0.15, 0.2) is 29.2 Å². The van der Waals surface area contributed by atoms with E-state index in [9.17, 15) is 9.59 Å². The molecule has 1 aromatic rings. The van der Waals surface area contributed by atoms with Gasteiger partial charge in [-0.15, -0.1) is 0 Å². The predicted octanol–water partition coefficient (Wildman–Crippen LogP) is 3.30. The molecule has 0 unspecified atom stereocenters. The topological polar surface area (TPSA) is 70.1 Å². The lowest BCUT2D eigenvalue weighted by Crippen LogP contribution is -2.33. The van der Waals surface area contributed by atoms with Crippen LogP contribution < -0.4 is 4.74 Å². The molecule has 1 saturated heterocycles. The number of nitrogens with zero attached hydrogens (tertiary/aromatic N) is 2. The van der Waals surface area contributed by atoms with E-state index >= 15 is 0 Å². The quantitative estimate of drug-likeness (QED) is 0.326. The summed E-state index contributed by atoms with van der Waals surface area (Å²) in [6.07, 6.45) is 4.71. The van der Waals surface area contributed by atoms with Gasteiger partial charge in [-0.3, -0.25) is 14.5 Å². The molecule has 0 atom stereocenters. The lowest BCUT2D eigenvalue weighted by Gasteiger charge is -2.19. The second-order valence-electron chi connectivity index (χ2n) is 6.61. The Labute approximate surface area is 181 Å². The molecule has 0 aliphatic carbocycles. The van der Waals surface area contributed by atoms with Gasteiger partial charge in [0.05, 0.1) is 18.6 Å². The number of hydrogen-bond donors (Lipinski definition) is 1. The Kier molecular flexibility index (Phi) is 9.63. The number of carbonyl (C=O) groups is 2. The zero-order valence-electron chi connectivity index (χ0n) is 16.9. The summed E-state index contributed by atoms with van der Waals surface area (Å²) in [7, 11) is 1.62. The summed E-state index contributed by atoms with van der Waals surface area (Å²) in [5.41, 5.74) is 0.924. The highest BCUT2D eigenvalue weighted by Gasteiger charge is 2.31. The van der Waals surface area contributed by atoms with Gasteiger partial charge in [-0.05, 0) is 43.5 Å². The third-order valence-corrected chi connectivity index (χ3v) is 6.04. The molecule has 6 nitrogen and oxygen atoms in total. The van der Waals surface area contributed by atoms with Gasteiger partial charge in [0, 0.05) is 26.1 Å². The van der Waals surface area contributed by atoms with E-state index in [0.29, 0.717) is 35.3 Å². The zero-order chi connectivity index (χ0) is 21.2. The van der Waals surface area contributed by atoms with Gasteiger partial charge in [0.25, 0.3) is 5.91 Å². The first-order chi connectivity index (χ1) is 14.0. The Bertz CT molecular complexity index is 750. The van der Waals surface area contributed by atoms with Crippen LogP contribution in [-0.4, -0.2) is 64.4 Å². The third-order valence-electron chi connectivity index (χ3n) is 4.66. The highest BCUT2D eigenvalue weighted by atomic mass is 32.2. The van der Waals surface area contributed by atoms with E-state index in [1.54, 1.807) is 16.9 Å². The van der Waals surface area contributed by atoms with Gasteiger partial charge < -0.3 is 14.7 Å².